The Labute approximate surface area is 156 Å². The van der Waals surface area contributed by atoms with Gasteiger partial charge in [0.25, 0.3) is 0 Å². The molecular weight excluding hydrogens is 356 g/mol. The molecule has 1 aromatic rings. The molecule has 0 aliphatic rings. The number of hydrogen-bond acceptors (Lipinski definition) is 5. The van der Waals surface area contributed by atoms with Crippen molar-refractivity contribution >= 4 is 16.1 Å². The van der Waals surface area contributed by atoms with Gasteiger partial charge >= 0.3 is 16.1 Å². The average molecular weight is 387 g/mol. The molecule has 0 aromatic heterocycles. The smallest absolute Gasteiger partial charge is 0.317 e. The summed E-state index contributed by atoms with van der Waals surface area (Å²) in [7, 11) is -2.24. The van der Waals surface area contributed by atoms with E-state index >= 15 is 0 Å². The van der Waals surface area contributed by atoms with Crippen molar-refractivity contribution in [1.29, 1.82) is 0 Å². The second kappa shape index (κ2) is 10.3. The van der Waals surface area contributed by atoms with Crippen molar-refractivity contribution in [1.82, 2.24) is 10.2 Å². The summed E-state index contributed by atoms with van der Waals surface area (Å²) in [5.41, 5.74) is 0.760. The van der Waals surface area contributed by atoms with Crippen LogP contribution in [0.5, 0.6) is 11.5 Å². The van der Waals surface area contributed by atoms with Gasteiger partial charge in [0, 0.05) is 19.1 Å². The monoisotopic (exact) mass is 386 g/mol. The summed E-state index contributed by atoms with van der Waals surface area (Å²) in [4.78, 5) is 14.3. The molecule has 0 aliphatic heterocycles. The highest BCUT2D eigenvalue weighted by atomic mass is 32.2. The lowest BCUT2D eigenvalue weighted by molar-refractivity contribution is 0.173. The molecule has 2 amide bonds. The molecule has 0 fully saturated rings. The number of methoxy groups -OCH3 is 1. The Balaban J connectivity index is 3.02. The van der Waals surface area contributed by atoms with Crippen molar-refractivity contribution in [2.24, 2.45) is 0 Å². The predicted molar refractivity (Wildman–Crippen MR) is 102 cm³/mol. The van der Waals surface area contributed by atoms with E-state index in [-0.39, 0.29) is 17.8 Å². The predicted octanol–water partition coefficient (Wildman–Crippen LogP) is 3.14. The molecule has 1 aromatic carbocycles. The van der Waals surface area contributed by atoms with Crippen LogP contribution in [0.4, 0.5) is 4.79 Å². The molecule has 8 heteroatoms. The lowest BCUT2D eigenvalue weighted by atomic mass is 10.1. The van der Waals surface area contributed by atoms with Crippen molar-refractivity contribution in [3.05, 3.63) is 23.8 Å². The van der Waals surface area contributed by atoms with Gasteiger partial charge in [-0.3, -0.25) is 0 Å². The van der Waals surface area contributed by atoms with Gasteiger partial charge in [-0.15, -0.1) is 0 Å². The third kappa shape index (κ3) is 7.11. The first-order valence-corrected chi connectivity index (χ1v) is 10.6. The van der Waals surface area contributed by atoms with E-state index in [0.717, 1.165) is 31.1 Å². The van der Waals surface area contributed by atoms with Gasteiger partial charge in [0.15, 0.2) is 11.5 Å². The summed E-state index contributed by atoms with van der Waals surface area (Å²) < 4.78 is 33.1. The normalized spacial score (nSPS) is 12.3. The molecule has 0 radical (unpaired) electrons. The van der Waals surface area contributed by atoms with Gasteiger partial charge in [-0.25, -0.2) is 4.79 Å². The molecule has 0 unspecified atom stereocenters. The highest BCUT2D eigenvalue weighted by Gasteiger charge is 2.20. The van der Waals surface area contributed by atoms with Gasteiger partial charge in [-0.2, -0.15) is 8.42 Å². The van der Waals surface area contributed by atoms with E-state index in [4.69, 9.17) is 8.92 Å². The summed E-state index contributed by atoms with van der Waals surface area (Å²) in [5.74, 6) is 0.435. The van der Waals surface area contributed by atoms with Crippen molar-refractivity contribution in [3.63, 3.8) is 0 Å². The number of urea groups is 1. The molecule has 0 aliphatic carbocycles. The molecule has 1 atom stereocenters. The molecule has 0 saturated heterocycles. The molecule has 148 valence electrons. The van der Waals surface area contributed by atoms with Crippen molar-refractivity contribution in [3.8, 4) is 11.5 Å². The molecule has 1 rings (SSSR count). The summed E-state index contributed by atoms with van der Waals surface area (Å²) in [6.45, 7) is 7.05. The van der Waals surface area contributed by atoms with E-state index in [1.54, 1.807) is 23.1 Å². The molecule has 26 heavy (non-hydrogen) atoms. The van der Waals surface area contributed by atoms with E-state index < -0.39 is 10.1 Å². The largest absolute Gasteiger partial charge is 0.493 e. The molecular formula is C18H30N2O5S. The molecule has 1 N–H and O–H groups in total. The fourth-order valence-corrected chi connectivity index (χ4v) is 2.82. The molecule has 0 bridgehead atoms. The van der Waals surface area contributed by atoms with Gasteiger partial charge < -0.3 is 19.1 Å². The maximum Gasteiger partial charge on any atom is 0.317 e. The Bertz CT molecular complexity index is 691. The lowest BCUT2D eigenvalue weighted by Crippen LogP contribution is -2.44. The van der Waals surface area contributed by atoms with E-state index in [0.29, 0.717) is 18.8 Å². The summed E-state index contributed by atoms with van der Waals surface area (Å²) in [6.07, 6.45) is 3.72. The van der Waals surface area contributed by atoms with Gasteiger partial charge in [-0.05, 0) is 37.5 Å². The number of ether oxygens (including phenoxy) is 1. The van der Waals surface area contributed by atoms with E-state index in [1.807, 2.05) is 13.8 Å². The summed E-state index contributed by atoms with van der Waals surface area (Å²) in [5, 5.41) is 2.93. The van der Waals surface area contributed by atoms with Gasteiger partial charge in [0.2, 0.25) is 0 Å². The fraction of sp³-hybridized carbons (Fsp3) is 0.611. The molecule has 0 spiro atoms. The third-order valence-electron chi connectivity index (χ3n) is 4.01. The molecule has 0 saturated carbocycles. The standard InChI is InChI=1S/C18H30N2O5S/c1-6-8-11-19-18(21)20(14(3)7-2)13-15-9-10-16(24-4)17(12-15)25-26(5,22)23/h9-10,12,14H,6-8,11,13H2,1-5H3,(H,19,21)/t14-/m0/s1. The van der Waals surface area contributed by atoms with Crippen LogP contribution < -0.4 is 14.2 Å². The lowest BCUT2D eigenvalue weighted by Gasteiger charge is -2.29. The average Bonchev–Trinajstić information content (AvgIpc) is 2.58. The second-order valence-electron chi connectivity index (χ2n) is 6.24. The van der Waals surface area contributed by atoms with Gasteiger partial charge in [0.1, 0.15) is 0 Å². The quantitative estimate of drug-likeness (QED) is 0.493. The summed E-state index contributed by atoms with van der Waals surface area (Å²) in [6, 6.07) is 4.93. The fourth-order valence-electron chi connectivity index (χ4n) is 2.37. The summed E-state index contributed by atoms with van der Waals surface area (Å²) >= 11 is 0. The van der Waals surface area contributed by atoms with Crippen molar-refractivity contribution in [2.45, 2.75) is 52.6 Å². The number of nitrogens with one attached hydrogen (secondary N) is 1. The number of carbonyl (C=O) groups excluding carboxylic acids is 1. The Morgan fingerprint density at radius 1 is 1.27 bits per heavy atom. The van der Waals surface area contributed by atoms with Crippen molar-refractivity contribution < 1.29 is 22.1 Å². The SMILES string of the molecule is CCCCNC(=O)N(Cc1ccc(OC)c(OS(C)(=O)=O)c1)[C@@H](C)CC. The van der Waals surface area contributed by atoms with Crippen LogP contribution in [0, 0.1) is 0 Å². The maximum absolute atomic E-state index is 12.5. The first kappa shape index (κ1) is 22.1. The minimum Gasteiger partial charge on any atom is -0.493 e. The van der Waals surface area contributed by atoms with Gasteiger partial charge in [0.05, 0.1) is 13.4 Å². The Morgan fingerprint density at radius 2 is 1.96 bits per heavy atom. The minimum absolute atomic E-state index is 0.0398. The molecule has 7 nitrogen and oxygen atoms in total. The number of rotatable bonds is 10. The Kier molecular flexibility index (Phi) is 8.71. The van der Waals surface area contributed by atoms with Crippen LogP contribution in [0.1, 0.15) is 45.6 Å². The highest BCUT2D eigenvalue weighted by molar-refractivity contribution is 7.86. The maximum atomic E-state index is 12.5. The third-order valence-corrected chi connectivity index (χ3v) is 4.49. The van der Waals surface area contributed by atoms with E-state index in [2.05, 4.69) is 12.2 Å². The van der Waals surface area contributed by atoms with Crippen LogP contribution in [0.2, 0.25) is 0 Å². The van der Waals surface area contributed by atoms with Crippen LogP contribution in [-0.2, 0) is 16.7 Å². The zero-order chi connectivity index (χ0) is 19.7. The van der Waals surface area contributed by atoms with Crippen LogP contribution in [0.3, 0.4) is 0 Å². The number of amides is 2. The first-order chi connectivity index (χ1) is 12.2. The van der Waals surface area contributed by atoms with E-state index in [9.17, 15) is 13.2 Å². The Morgan fingerprint density at radius 3 is 2.50 bits per heavy atom. The van der Waals surface area contributed by atoms with Crippen LogP contribution in [0.15, 0.2) is 18.2 Å². The Hall–Kier alpha value is -1.96. The van der Waals surface area contributed by atoms with Crippen LogP contribution in [0.25, 0.3) is 0 Å². The second-order valence-corrected chi connectivity index (χ2v) is 7.82. The number of unbranched alkanes of at least 4 members (excludes halogenated alkanes) is 1. The number of hydrogen-bond donors (Lipinski definition) is 1. The van der Waals surface area contributed by atoms with Crippen LogP contribution >= 0.6 is 0 Å². The van der Waals surface area contributed by atoms with Crippen LogP contribution in [-0.4, -0.2) is 45.3 Å². The van der Waals surface area contributed by atoms with Gasteiger partial charge in [-0.1, -0.05) is 26.3 Å². The molecule has 0 heterocycles. The first-order valence-electron chi connectivity index (χ1n) is 8.82. The highest BCUT2D eigenvalue weighted by Crippen LogP contribution is 2.30. The zero-order valence-electron chi connectivity index (χ0n) is 16.2. The number of nitrogens with zero attached hydrogens (tertiary/aromatic N) is 1. The minimum atomic E-state index is -3.68. The topological polar surface area (TPSA) is 84.9 Å². The number of benzene rings is 1. The number of carbonyl (C=O) groups is 1. The van der Waals surface area contributed by atoms with E-state index in [1.165, 1.54) is 7.11 Å². The zero-order valence-corrected chi connectivity index (χ0v) is 17.1. The van der Waals surface area contributed by atoms with Crippen molar-refractivity contribution in [2.75, 3.05) is 19.9 Å².